The summed E-state index contributed by atoms with van der Waals surface area (Å²) in [4.78, 5) is 25.7. The Morgan fingerprint density at radius 1 is 0.750 bits per heavy atom. The van der Waals surface area contributed by atoms with Gasteiger partial charge < -0.3 is 9.47 Å². The van der Waals surface area contributed by atoms with Crippen molar-refractivity contribution in [1.29, 1.82) is 0 Å². The Morgan fingerprint density at radius 3 is 1.69 bits per heavy atom. The Bertz CT molecular complexity index is 666. The Labute approximate surface area is 204 Å². The molecule has 1 aromatic rings. The molecule has 0 saturated carbocycles. The summed E-state index contributed by atoms with van der Waals surface area (Å²) in [5.74, 6) is -1.14. The van der Waals surface area contributed by atoms with Gasteiger partial charge in [0.25, 0.3) is 0 Å². The minimum Gasteiger partial charge on any atom is -0.465 e. The molecule has 0 aliphatic rings. The summed E-state index contributed by atoms with van der Waals surface area (Å²) in [7, 11) is 0. The van der Waals surface area contributed by atoms with E-state index in [1.165, 1.54) is 51.4 Å². The van der Waals surface area contributed by atoms with Gasteiger partial charge in [-0.05, 0) is 31.4 Å². The fraction of sp³-hybridized carbons (Fsp3) is 0.692. The van der Waals surface area contributed by atoms with Crippen LogP contribution in [0.15, 0.2) is 18.2 Å². The van der Waals surface area contributed by atoms with Gasteiger partial charge >= 0.3 is 11.9 Å². The van der Waals surface area contributed by atoms with Crippen LogP contribution in [0.2, 0.25) is 10.0 Å². The summed E-state index contributed by atoms with van der Waals surface area (Å²) in [6.45, 7) is 6.12. The third-order valence-electron chi connectivity index (χ3n) is 6.08. The van der Waals surface area contributed by atoms with Crippen LogP contribution in [0.4, 0.5) is 0 Å². The van der Waals surface area contributed by atoms with E-state index in [0.717, 1.165) is 19.3 Å². The van der Waals surface area contributed by atoms with E-state index in [-0.39, 0.29) is 28.6 Å². The highest BCUT2D eigenvalue weighted by molar-refractivity contribution is 6.37. The van der Waals surface area contributed by atoms with Crippen LogP contribution in [-0.2, 0) is 14.3 Å². The highest BCUT2D eigenvalue weighted by Gasteiger charge is 2.46. The van der Waals surface area contributed by atoms with Gasteiger partial charge in [-0.3, -0.25) is 9.59 Å². The first-order valence-corrected chi connectivity index (χ1v) is 13.0. The standard InChI is InChI=1S/C26H40Cl2O4/c1-4-7-8-9-10-11-12-13-14-15-16-20-31-24(29)26(5-2,6-3)25(30)32-23-21(27)18-17-19-22(23)28/h17-19H,4-16,20H2,1-3H3. The number of hydrogen-bond donors (Lipinski definition) is 0. The molecule has 0 bridgehead atoms. The Morgan fingerprint density at radius 2 is 1.22 bits per heavy atom. The van der Waals surface area contributed by atoms with Crippen LogP contribution < -0.4 is 4.74 Å². The zero-order valence-electron chi connectivity index (χ0n) is 20.0. The molecule has 0 heterocycles. The zero-order valence-corrected chi connectivity index (χ0v) is 21.5. The first-order chi connectivity index (χ1) is 15.4. The third-order valence-corrected chi connectivity index (χ3v) is 6.68. The second-order valence-corrected chi connectivity index (χ2v) is 9.22. The number of carbonyl (C=O) groups is 2. The molecule has 0 aromatic heterocycles. The van der Waals surface area contributed by atoms with Crippen LogP contribution in [0.1, 0.15) is 104 Å². The van der Waals surface area contributed by atoms with Crippen molar-refractivity contribution in [3.8, 4) is 5.75 Å². The van der Waals surface area contributed by atoms with E-state index in [1.54, 1.807) is 32.0 Å². The molecule has 0 atom stereocenters. The second-order valence-electron chi connectivity index (χ2n) is 8.40. The van der Waals surface area contributed by atoms with Crippen molar-refractivity contribution in [2.75, 3.05) is 6.61 Å². The van der Waals surface area contributed by atoms with Gasteiger partial charge in [-0.15, -0.1) is 0 Å². The second kappa shape index (κ2) is 16.4. The fourth-order valence-corrected chi connectivity index (χ4v) is 4.22. The summed E-state index contributed by atoms with van der Waals surface area (Å²) in [5.41, 5.74) is -1.36. The van der Waals surface area contributed by atoms with Crippen molar-refractivity contribution in [3.05, 3.63) is 28.2 Å². The number of unbranched alkanes of at least 4 members (excludes halogenated alkanes) is 10. The minimum absolute atomic E-state index is 0.0743. The molecule has 0 aliphatic heterocycles. The van der Waals surface area contributed by atoms with Crippen molar-refractivity contribution >= 4 is 35.1 Å². The molecule has 0 fully saturated rings. The van der Waals surface area contributed by atoms with Gasteiger partial charge in [-0.1, -0.05) is 114 Å². The van der Waals surface area contributed by atoms with Crippen molar-refractivity contribution in [1.82, 2.24) is 0 Å². The molecule has 0 unspecified atom stereocenters. The van der Waals surface area contributed by atoms with E-state index in [0.29, 0.717) is 6.61 Å². The Kier molecular flexibility index (Phi) is 14.7. The Balaban J connectivity index is 2.39. The SMILES string of the molecule is CCCCCCCCCCCCCOC(=O)C(CC)(CC)C(=O)Oc1c(Cl)cccc1Cl. The van der Waals surface area contributed by atoms with E-state index >= 15 is 0 Å². The predicted octanol–water partition coefficient (Wildman–Crippen LogP) is 8.56. The van der Waals surface area contributed by atoms with Crippen LogP contribution in [0.5, 0.6) is 5.75 Å². The van der Waals surface area contributed by atoms with E-state index < -0.39 is 17.4 Å². The first kappa shape index (κ1) is 28.8. The van der Waals surface area contributed by atoms with Gasteiger partial charge in [0.05, 0.1) is 16.7 Å². The number of ether oxygens (including phenoxy) is 2. The molecule has 0 saturated heterocycles. The van der Waals surface area contributed by atoms with E-state index in [9.17, 15) is 9.59 Å². The van der Waals surface area contributed by atoms with Crippen LogP contribution >= 0.6 is 23.2 Å². The molecule has 6 heteroatoms. The van der Waals surface area contributed by atoms with Gasteiger partial charge in [-0.25, -0.2) is 0 Å². The molecule has 0 amide bonds. The molecule has 0 spiro atoms. The highest BCUT2D eigenvalue weighted by Crippen LogP contribution is 2.36. The van der Waals surface area contributed by atoms with Gasteiger partial charge in [-0.2, -0.15) is 0 Å². The smallest absolute Gasteiger partial charge is 0.328 e. The quantitative estimate of drug-likeness (QED) is 0.0956. The van der Waals surface area contributed by atoms with E-state index in [4.69, 9.17) is 32.7 Å². The summed E-state index contributed by atoms with van der Waals surface area (Å²) >= 11 is 12.2. The normalized spacial score (nSPS) is 11.4. The molecular weight excluding hydrogens is 447 g/mol. The summed E-state index contributed by atoms with van der Waals surface area (Å²) in [6, 6.07) is 4.83. The van der Waals surface area contributed by atoms with Gasteiger partial charge in [0.15, 0.2) is 11.2 Å². The molecule has 1 rings (SSSR count). The predicted molar refractivity (Wildman–Crippen MR) is 133 cm³/mol. The topological polar surface area (TPSA) is 52.6 Å². The van der Waals surface area contributed by atoms with Crippen LogP contribution in [0.25, 0.3) is 0 Å². The number of hydrogen-bond acceptors (Lipinski definition) is 4. The third kappa shape index (κ3) is 9.31. The summed E-state index contributed by atoms with van der Waals surface area (Å²) in [6.07, 6.45) is 14.0. The van der Waals surface area contributed by atoms with Crippen LogP contribution in [0.3, 0.4) is 0 Å². The molecule has 0 aliphatic carbocycles. The lowest BCUT2D eigenvalue weighted by molar-refractivity contribution is -0.168. The minimum atomic E-state index is -1.36. The molecule has 0 radical (unpaired) electrons. The van der Waals surface area contributed by atoms with E-state index in [2.05, 4.69) is 6.92 Å². The molecule has 32 heavy (non-hydrogen) atoms. The number of benzene rings is 1. The lowest BCUT2D eigenvalue weighted by Gasteiger charge is -2.27. The first-order valence-electron chi connectivity index (χ1n) is 12.3. The average molecular weight is 488 g/mol. The number of carbonyl (C=O) groups excluding carboxylic acids is 2. The van der Waals surface area contributed by atoms with Crippen LogP contribution in [0, 0.1) is 5.41 Å². The maximum atomic E-state index is 12.9. The van der Waals surface area contributed by atoms with Crippen molar-refractivity contribution in [2.24, 2.45) is 5.41 Å². The van der Waals surface area contributed by atoms with Gasteiger partial charge in [0, 0.05) is 0 Å². The lowest BCUT2D eigenvalue weighted by Crippen LogP contribution is -2.42. The largest absolute Gasteiger partial charge is 0.465 e. The number of para-hydroxylation sites is 1. The fourth-order valence-electron chi connectivity index (χ4n) is 3.75. The number of esters is 2. The van der Waals surface area contributed by atoms with Crippen LogP contribution in [-0.4, -0.2) is 18.5 Å². The highest BCUT2D eigenvalue weighted by atomic mass is 35.5. The monoisotopic (exact) mass is 486 g/mol. The summed E-state index contributed by atoms with van der Waals surface area (Å²) in [5, 5.41) is 0.447. The number of rotatable bonds is 17. The number of halogens is 2. The van der Waals surface area contributed by atoms with Gasteiger partial charge in [0.2, 0.25) is 0 Å². The van der Waals surface area contributed by atoms with Gasteiger partial charge in [0.1, 0.15) is 0 Å². The summed E-state index contributed by atoms with van der Waals surface area (Å²) < 4.78 is 10.9. The van der Waals surface area contributed by atoms with Crippen molar-refractivity contribution in [3.63, 3.8) is 0 Å². The average Bonchev–Trinajstić information content (AvgIpc) is 2.78. The zero-order chi connectivity index (χ0) is 23.8. The molecule has 1 aromatic carbocycles. The molecule has 0 N–H and O–H groups in total. The maximum Gasteiger partial charge on any atom is 0.328 e. The Hall–Kier alpha value is -1.26. The van der Waals surface area contributed by atoms with Crippen molar-refractivity contribution < 1.29 is 19.1 Å². The lowest BCUT2D eigenvalue weighted by atomic mass is 9.82. The molecular formula is C26H40Cl2O4. The van der Waals surface area contributed by atoms with Crippen molar-refractivity contribution in [2.45, 2.75) is 104 Å². The maximum absolute atomic E-state index is 12.9. The van der Waals surface area contributed by atoms with E-state index in [1.807, 2.05) is 0 Å². The molecule has 4 nitrogen and oxygen atoms in total. The molecule has 182 valence electrons.